The maximum absolute atomic E-state index is 6.22. The Kier molecular flexibility index (Phi) is 3.69. The zero-order chi connectivity index (χ0) is 13.2. The third-order valence-corrected chi connectivity index (χ3v) is 4.23. The number of aromatic nitrogens is 1. The highest BCUT2D eigenvalue weighted by Gasteiger charge is 2.21. The first-order chi connectivity index (χ1) is 9.28. The number of nitrogens with two attached hydrogens (primary N) is 1. The minimum Gasteiger partial charge on any atom is -0.330 e. The standard InChI is InChI=1S/C15H18ClN3/c16-14-4-3-12(15-13(14)2-1-6-18-15)10-19-7-5-11(8-17)9-19/h1-4,6,11H,5,7-10,17H2. The van der Waals surface area contributed by atoms with Gasteiger partial charge in [-0.3, -0.25) is 9.88 Å². The van der Waals surface area contributed by atoms with E-state index in [1.165, 1.54) is 12.0 Å². The topological polar surface area (TPSA) is 42.1 Å². The molecule has 2 N–H and O–H groups in total. The van der Waals surface area contributed by atoms with Gasteiger partial charge in [-0.2, -0.15) is 0 Å². The van der Waals surface area contributed by atoms with E-state index in [1.54, 1.807) is 0 Å². The van der Waals surface area contributed by atoms with E-state index in [9.17, 15) is 0 Å². The largest absolute Gasteiger partial charge is 0.330 e. The first-order valence-electron chi connectivity index (χ1n) is 6.72. The lowest BCUT2D eigenvalue weighted by Gasteiger charge is -2.17. The minimum absolute atomic E-state index is 0.645. The van der Waals surface area contributed by atoms with Crippen LogP contribution in [0.5, 0.6) is 0 Å². The van der Waals surface area contributed by atoms with E-state index < -0.39 is 0 Å². The first-order valence-corrected chi connectivity index (χ1v) is 7.10. The third kappa shape index (κ3) is 2.59. The highest BCUT2D eigenvalue weighted by molar-refractivity contribution is 6.35. The van der Waals surface area contributed by atoms with Gasteiger partial charge >= 0.3 is 0 Å². The van der Waals surface area contributed by atoms with Crippen molar-refractivity contribution in [3.05, 3.63) is 41.0 Å². The van der Waals surface area contributed by atoms with Crippen molar-refractivity contribution >= 4 is 22.5 Å². The molecule has 2 aromatic rings. The lowest BCUT2D eigenvalue weighted by Crippen LogP contribution is -2.23. The molecule has 0 bridgehead atoms. The van der Waals surface area contributed by atoms with Gasteiger partial charge in [0.2, 0.25) is 0 Å². The molecule has 1 aromatic heterocycles. The molecule has 100 valence electrons. The van der Waals surface area contributed by atoms with E-state index >= 15 is 0 Å². The number of pyridine rings is 1. The summed E-state index contributed by atoms with van der Waals surface area (Å²) in [6, 6.07) is 8.02. The molecule has 3 rings (SSSR count). The van der Waals surface area contributed by atoms with Gasteiger partial charge in [-0.15, -0.1) is 0 Å². The summed E-state index contributed by atoms with van der Waals surface area (Å²) in [5, 5.41) is 1.81. The number of rotatable bonds is 3. The van der Waals surface area contributed by atoms with Crippen LogP contribution in [0.3, 0.4) is 0 Å². The summed E-state index contributed by atoms with van der Waals surface area (Å²) in [7, 11) is 0. The number of hydrogen-bond donors (Lipinski definition) is 1. The van der Waals surface area contributed by atoms with Gasteiger partial charge < -0.3 is 5.73 Å². The van der Waals surface area contributed by atoms with Crippen LogP contribution in [-0.4, -0.2) is 29.5 Å². The molecule has 0 aliphatic carbocycles. The number of benzene rings is 1. The van der Waals surface area contributed by atoms with Crippen LogP contribution in [0.1, 0.15) is 12.0 Å². The van der Waals surface area contributed by atoms with Crippen LogP contribution in [0, 0.1) is 5.92 Å². The van der Waals surface area contributed by atoms with Gasteiger partial charge in [0.25, 0.3) is 0 Å². The second-order valence-corrected chi connectivity index (χ2v) is 5.64. The Hall–Kier alpha value is -1.16. The van der Waals surface area contributed by atoms with Crippen molar-refractivity contribution < 1.29 is 0 Å². The van der Waals surface area contributed by atoms with Crippen LogP contribution in [0.25, 0.3) is 10.9 Å². The molecule has 1 fully saturated rings. The fourth-order valence-electron chi connectivity index (χ4n) is 2.81. The molecule has 1 unspecified atom stereocenters. The van der Waals surface area contributed by atoms with Crippen molar-refractivity contribution in [3.63, 3.8) is 0 Å². The molecule has 0 amide bonds. The minimum atomic E-state index is 0.645. The van der Waals surface area contributed by atoms with Crippen molar-refractivity contribution in [2.24, 2.45) is 11.7 Å². The molecule has 2 heterocycles. The number of hydrogen-bond acceptors (Lipinski definition) is 3. The average Bonchev–Trinajstić information content (AvgIpc) is 2.90. The molecular weight excluding hydrogens is 258 g/mol. The maximum atomic E-state index is 6.22. The van der Waals surface area contributed by atoms with Gasteiger partial charge in [0, 0.05) is 29.7 Å². The van der Waals surface area contributed by atoms with Gasteiger partial charge in [-0.25, -0.2) is 0 Å². The van der Waals surface area contributed by atoms with E-state index in [0.717, 1.165) is 42.1 Å². The zero-order valence-electron chi connectivity index (χ0n) is 10.8. The summed E-state index contributed by atoms with van der Waals surface area (Å²) in [4.78, 5) is 6.94. The Morgan fingerprint density at radius 1 is 1.37 bits per heavy atom. The van der Waals surface area contributed by atoms with Gasteiger partial charge in [0.05, 0.1) is 5.52 Å². The van der Waals surface area contributed by atoms with Crippen molar-refractivity contribution in [2.45, 2.75) is 13.0 Å². The summed E-state index contributed by atoms with van der Waals surface area (Å²) in [5.74, 6) is 0.645. The molecule has 1 atom stereocenters. The molecule has 0 saturated carbocycles. The van der Waals surface area contributed by atoms with Crippen LogP contribution in [-0.2, 0) is 6.54 Å². The van der Waals surface area contributed by atoms with Gasteiger partial charge in [0.15, 0.2) is 0 Å². The zero-order valence-corrected chi connectivity index (χ0v) is 11.6. The number of nitrogens with zero attached hydrogens (tertiary/aromatic N) is 2. The number of fused-ring (bicyclic) bond motifs is 1. The summed E-state index contributed by atoms with van der Waals surface area (Å²) in [6.07, 6.45) is 3.03. The lowest BCUT2D eigenvalue weighted by molar-refractivity contribution is 0.319. The van der Waals surface area contributed by atoms with Crippen molar-refractivity contribution in [2.75, 3.05) is 19.6 Å². The van der Waals surface area contributed by atoms with Crippen LogP contribution < -0.4 is 5.73 Å². The predicted octanol–water partition coefficient (Wildman–Crippen LogP) is 2.67. The molecule has 3 nitrogen and oxygen atoms in total. The summed E-state index contributed by atoms with van der Waals surface area (Å²) < 4.78 is 0. The van der Waals surface area contributed by atoms with E-state index in [-0.39, 0.29) is 0 Å². The second-order valence-electron chi connectivity index (χ2n) is 5.23. The molecule has 0 radical (unpaired) electrons. The monoisotopic (exact) mass is 275 g/mol. The van der Waals surface area contributed by atoms with Crippen molar-refractivity contribution in [1.29, 1.82) is 0 Å². The Morgan fingerprint density at radius 3 is 3.05 bits per heavy atom. The summed E-state index contributed by atoms with van der Waals surface area (Å²) >= 11 is 6.22. The Labute approximate surface area is 118 Å². The Bertz CT molecular complexity index is 585. The summed E-state index contributed by atoms with van der Waals surface area (Å²) in [6.45, 7) is 3.93. The fourth-order valence-corrected chi connectivity index (χ4v) is 3.03. The molecule has 1 aromatic carbocycles. The molecular formula is C15H18ClN3. The predicted molar refractivity (Wildman–Crippen MR) is 79.2 cm³/mol. The average molecular weight is 276 g/mol. The fraction of sp³-hybridized carbons (Fsp3) is 0.400. The maximum Gasteiger partial charge on any atom is 0.0761 e. The van der Waals surface area contributed by atoms with Crippen LogP contribution in [0.2, 0.25) is 5.02 Å². The molecule has 1 saturated heterocycles. The van der Waals surface area contributed by atoms with E-state index in [0.29, 0.717) is 5.92 Å². The van der Waals surface area contributed by atoms with Crippen molar-refractivity contribution in [3.8, 4) is 0 Å². The van der Waals surface area contributed by atoms with Gasteiger partial charge in [-0.05, 0) is 49.2 Å². The van der Waals surface area contributed by atoms with Gasteiger partial charge in [-0.1, -0.05) is 17.7 Å². The third-order valence-electron chi connectivity index (χ3n) is 3.90. The molecule has 1 aliphatic rings. The van der Waals surface area contributed by atoms with Crippen molar-refractivity contribution in [1.82, 2.24) is 9.88 Å². The van der Waals surface area contributed by atoms with E-state index in [2.05, 4.69) is 16.0 Å². The molecule has 0 spiro atoms. The Morgan fingerprint density at radius 2 is 2.26 bits per heavy atom. The highest BCUT2D eigenvalue weighted by atomic mass is 35.5. The van der Waals surface area contributed by atoms with Crippen LogP contribution >= 0.6 is 11.6 Å². The lowest BCUT2D eigenvalue weighted by atomic mass is 10.1. The molecule has 1 aliphatic heterocycles. The number of likely N-dealkylation sites (tertiary alicyclic amines) is 1. The quantitative estimate of drug-likeness (QED) is 0.936. The van der Waals surface area contributed by atoms with Crippen LogP contribution in [0.15, 0.2) is 30.5 Å². The van der Waals surface area contributed by atoms with Crippen LogP contribution in [0.4, 0.5) is 0 Å². The normalized spacial score (nSPS) is 20.2. The second kappa shape index (κ2) is 5.45. The molecule has 4 heteroatoms. The summed E-state index contributed by atoms with van der Waals surface area (Å²) in [5.41, 5.74) is 8.01. The number of halogens is 1. The van der Waals surface area contributed by atoms with E-state index in [1.807, 2.05) is 24.4 Å². The smallest absolute Gasteiger partial charge is 0.0761 e. The first kappa shape index (κ1) is 12.9. The van der Waals surface area contributed by atoms with Gasteiger partial charge in [0.1, 0.15) is 0 Å². The highest BCUT2D eigenvalue weighted by Crippen LogP contribution is 2.27. The Balaban J connectivity index is 1.87. The van der Waals surface area contributed by atoms with E-state index in [4.69, 9.17) is 17.3 Å². The SMILES string of the molecule is NCC1CCN(Cc2ccc(Cl)c3cccnc23)C1. The molecule has 19 heavy (non-hydrogen) atoms.